The molecule has 1 aromatic heterocycles. The summed E-state index contributed by atoms with van der Waals surface area (Å²) in [4.78, 5) is 15.4. The van der Waals surface area contributed by atoms with Gasteiger partial charge >= 0.3 is 5.97 Å². The van der Waals surface area contributed by atoms with Crippen molar-refractivity contribution in [3.05, 3.63) is 18.2 Å². The SMILES string of the molecule is CCC1CC1n1c(SCC(=O)O)nc2cc(OC)ccc21. The molecule has 0 amide bonds. The normalized spacial score (nSPS) is 20.7. The summed E-state index contributed by atoms with van der Waals surface area (Å²) in [5, 5.41) is 9.69. The molecule has 21 heavy (non-hydrogen) atoms. The van der Waals surface area contributed by atoms with Crippen molar-refractivity contribution in [2.45, 2.75) is 31.0 Å². The van der Waals surface area contributed by atoms with Crippen molar-refractivity contribution >= 4 is 28.8 Å². The second kappa shape index (κ2) is 5.60. The Morgan fingerprint density at radius 3 is 3.00 bits per heavy atom. The van der Waals surface area contributed by atoms with Crippen LogP contribution >= 0.6 is 11.8 Å². The minimum atomic E-state index is -0.820. The molecule has 0 aliphatic heterocycles. The van der Waals surface area contributed by atoms with E-state index in [-0.39, 0.29) is 5.75 Å². The molecule has 0 bridgehead atoms. The second-order valence-corrected chi connectivity index (χ2v) is 6.22. The molecule has 1 heterocycles. The van der Waals surface area contributed by atoms with Crippen molar-refractivity contribution < 1.29 is 14.6 Å². The molecule has 1 aliphatic rings. The summed E-state index contributed by atoms with van der Waals surface area (Å²) >= 11 is 1.29. The van der Waals surface area contributed by atoms with E-state index in [4.69, 9.17) is 9.84 Å². The van der Waals surface area contributed by atoms with Gasteiger partial charge in [0.25, 0.3) is 0 Å². The van der Waals surface area contributed by atoms with Crippen LogP contribution in [0.2, 0.25) is 0 Å². The van der Waals surface area contributed by atoms with Gasteiger partial charge in [-0.2, -0.15) is 0 Å². The van der Waals surface area contributed by atoms with Gasteiger partial charge in [-0.25, -0.2) is 4.98 Å². The lowest BCUT2D eigenvalue weighted by Crippen LogP contribution is -2.03. The minimum Gasteiger partial charge on any atom is -0.497 e. The number of rotatable bonds is 6. The van der Waals surface area contributed by atoms with E-state index in [0.29, 0.717) is 12.0 Å². The van der Waals surface area contributed by atoms with Crippen molar-refractivity contribution in [2.24, 2.45) is 5.92 Å². The number of ether oxygens (including phenoxy) is 1. The molecule has 6 heteroatoms. The molecule has 2 aromatic rings. The lowest BCUT2D eigenvalue weighted by molar-refractivity contribution is -0.133. The third kappa shape index (κ3) is 2.72. The van der Waals surface area contributed by atoms with Gasteiger partial charge in [-0.15, -0.1) is 0 Å². The van der Waals surface area contributed by atoms with E-state index < -0.39 is 5.97 Å². The number of hydrogen-bond donors (Lipinski definition) is 1. The second-order valence-electron chi connectivity index (χ2n) is 5.27. The number of aliphatic carboxylic acids is 1. The summed E-state index contributed by atoms with van der Waals surface area (Å²) in [5.74, 6) is 0.654. The zero-order valence-electron chi connectivity index (χ0n) is 12.1. The molecule has 1 aromatic carbocycles. The highest BCUT2D eigenvalue weighted by Crippen LogP contribution is 2.49. The first-order chi connectivity index (χ1) is 10.1. The summed E-state index contributed by atoms with van der Waals surface area (Å²) in [6.07, 6.45) is 2.29. The first-order valence-corrected chi connectivity index (χ1v) is 8.03. The smallest absolute Gasteiger partial charge is 0.313 e. The molecule has 1 aliphatic carbocycles. The Morgan fingerprint density at radius 2 is 2.38 bits per heavy atom. The fourth-order valence-electron chi connectivity index (χ4n) is 2.72. The lowest BCUT2D eigenvalue weighted by Gasteiger charge is -2.07. The summed E-state index contributed by atoms with van der Waals surface area (Å²) in [5.41, 5.74) is 1.92. The van der Waals surface area contributed by atoms with Crippen LogP contribution in [-0.2, 0) is 4.79 Å². The lowest BCUT2D eigenvalue weighted by atomic mass is 10.3. The van der Waals surface area contributed by atoms with Gasteiger partial charge in [-0.05, 0) is 24.5 Å². The van der Waals surface area contributed by atoms with Crippen LogP contribution in [0.3, 0.4) is 0 Å². The van der Waals surface area contributed by atoms with E-state index in [1.54, 1.807) is 7.11 Å². The van der Waals surface area contributed by atoms with Gasteiger partial charge in [0.05, 0.1) is 23.9 Å². The van der Waals surface area contributed by atoms with Crippen LogP contribution in [0, 0.1) is 5.92 Å². The minimum absolute atomic E-state index is 0.0317. The molecule has 112 valence electrons. The molecule has 1 fully saturated rings. The summed E-state index contributed by atoms with van der Waals surface area (Å²) in [6.45, 7) is 2.19. The van der Waals surface area contributed by atoms with Crippen molar-refractivity contribution in [3.63, 3.8) is 0 Å². The molecule has 2 atom stereocenters. The van der Waals surface area contributed by atoms with E-state index in [9.17, 15) is 4.79 Å². The van der Waals surface area contributed by atoms with Crippen molar-refractivity contribution in [1.82, 2.24) is 9.55 Å². The number of hydrogen-bond acceptors (Lipinski definition) is 4. The maximum absolute atomic E-state index is 10.8. The highest BCUT2D eigenvalue weighted by molar-refractivity contribution is 7.99. The molecular formula is C15H18N2O3S. The van der Waals surface area contributed by atoms with Gasteiger partial charge in [0, 0.05) is 12.1 Å². The largest absolute Gasteiger partial charge is 0.497 e. The number of carboxylic acid groups (broad SMARTS) is 1. The van der Waals surface area contributed by atoms with Crippen LogP contribution in [0.4, 0.5) is 0 Å². The zero-order valence-corrected chi connectivity index (χ0v) is 12.9. The van der Waals surface area contributed by atoms with Gasteiger partial charge in [0.1, 0.15) is 5.75 Å². The number of nitrogens with zero attached hydrogens (tertiary/aromatic N) is 2. The quantitative estimate of drug-likeness (QED) is 0.830. The Labute approximate surface area is 127 Å². The summed E-state index contributed by atoms with van der Waals surface area (Å²) in [7, 11) is 1.63. The van der Waals surface area contributed by atoms with E-state index >= 15 is 0 Å². The van der Waals surface area contributed by atoms with Crippen molar-refractivity contribution in [3.8, 4) is 5.75 Å². The van der Waals surface area contributed by atoms with Gasteiger partial charge in [-0.3, -0.25) is 4.79 Å². The number of thioether (sulfide) groups is 1. The van der Waals surface area contributed by atoms with Crippen LogP contribution in [0.15, 0.2) is 23.4 Å². The Bertz CT molecular complexity index is 683. The number of methoxy groups -OCH3 is 1. The third-order valence-electron chi connectivity index (χ3n) is 3.93. The third-order valence-corrected chi connectivity index (χ3v) is 4.87. The van der Waals surface area contributed by atoms with Crippen LogP contribution in [0.5, 0.6) is 5.75 Å². The van der Waals surface area contributed by atoms with Crippen LogP contribution < -0.4 is 4.74 Å². The predicted molar refractivity (Wildman–Crippen MR) is 82.1 cm³/mol. The fraction of sp³-hybridized carbons (Fsp3) is 0.467. The van der Waals surface area contributed by atoms with Gasteiger partial charge in [0.15, 0.2) is 5.16 Å². The van der Waals surface area contributed by atoms with E-state index in [1.807, 2.05) is 18.2 Å². The molecule has 0 spiro atoms. The molecule has 1 saturated carbocycles. The first kappa shape index (κ1) is 14.3. The van der Waals surface area contributed by atoms with E-state index in [1.165, 1.54) is 11.8 Å². The average molecular weight is 306 g/mol. The number of imidazole rings is 1. The zero-order chi connectivity index (χ0) is 15.0. The molecular weight excluding hydrogens is 288 g/mol. The summed E-state index contributed by atoms with van der Waals surface area (Å²) in [6, 6.07) is 6.29. The maximum atomic E-state index is 10.8. The van der Waals surface area contributed by atoms with Crippen LogP contribution in [0.25, 0.3) is 11.0 Å². The van der Waals surface area contributed by atoms with Crippen molar-refractivity contribution in [1.29, 1.82) is 0 Å². The number of benzene rings is 1. The molecule has 0 saturated heterocycles. The van der Waals surface area contributed by atoms with E-state index in [0.717, 1.165) is 34.8 Å². The molecule has 3 rings (SSSR count). The van der Waals surface area contributed by atoms with Crippen LogP contribution in [-0.4, -0.2) is 33.5 Å². The topological polar surface area (TPSA) is 64.4 Å². The van der Waals surface area contributed by atoms with Gasteiger partial charge < -0.3 is 14.4 Å². The summed E-state index contributed by atoms with van der Waals surface area (Å²) < 4.78 is 7.44. The number of carbonyl (C=O) groups is 1. The Hall–Kier alpha value is -1.69. The molecule has 1 N–H and O–H groups in total. The standard InChI is InChI=1S/C15H18N2O3S/c1-3-9-6-13(9)17-12-5-4-10(20-2)7-11(12)16-15(17)21-8-14(18)19/h4-5,7,9,13H,3,6,8H2,1-2H3,(H,18,19). The van der Waals surface area contributed by atoms with Gasteiger partial charge in [-0.1, -0.05) is 25.1 Å². The number of aromatic nitrogens is 2. The number of carboxylic acids is 1. The molecule has 2 unspecified atom stereocenters. The van der Waals surface area contributed by atoms with Crippen LogP contribution in [0.1, 0.15) is 25.8 Å². The Morgan fingerprint density at radius 1 is 1.57 bits per heavy atom. The van der Waals surface area contributed by atoms with Crippen molar-refractivity contribution in [2.75, 3.05) is 12.9 Å². The Balaban J connectivity index is 2.02. The highest BCUT2D eigenvalue weighted by Gasteiger charge is 2.39. The monoisotopic (exact) mass is 306 g/mol. The van der Waals surface area contributed by atoms with E-state index in [2.05, 4.69) is 16.5 Å². The average Bonchev–Trinajstić information content (AvgIpc) is 3.17. The molecule has 0 radical (unpaired) electrons. The first-order valence-electron chi connectivity index (χ1n) is 7.04. The maximum Gasteiger partial charge on any atom is 0.313 e. The van der Waals surface area contributed by atoms with Gasteiger partial charge in [0.2, 0.25) is 0 Å². The molecule has 5 nitrogen and oxygen atoms in total. The predicted octanol–water partition coefficient (Wildman–Crippen LogP) is 3.19. The Kier molecular flexibility index (Phi) is 3.80. The highest BCUT2D eigenvalue weighted by atomic mass is 32.2. The number of fused-ring (bicyclic) bond motifs is 1. The fourth-order valence-corrected chi connectivity index (χ4v) is 3.51.